The number of rotatable bonds is 15. The molecule has 0 aliphatic rings. The molecule has 0 saturated carbocycles. The number of guanidine groups is 1. The van der Waals surface area contributed by atoms with Crippen LogP contribution >= 0.6 is 0 Å². The molecule has 1 unspecified atom stereocenters. The molecule has 0 bridgehead atoms. The number of ether oxygens (including phenoxy) is 3. The standard InChI is InChI=1S/C42H55N5O8/c1-9-28(2)35(37(50)44-33(24-23-29-17-12-10-13-18-29)34(48)27-53-26-30-19-14-11-15-20-30)45-36(49)31-21-16-22-32(25-31)43-38(46-39(51)54-41(3,4)5)47-40(52)55-42(6,7)8/h10-22,25,28,33,35H,9,23-24,26-27H2,1-8H3,(H,44,50)(H,45,49)(H2,43,46,47,51,52)/t28?,33-,35-/m0/s1. The Balaban J connectivity index is 1.80. The molecule has 0 heterocycles. The number of benzene rings is 3. The molecule has 4 amide bonds. The Labute approximate surface area is 324 Å². The van der Waals surface area contributed by atoms with Gasteiger partial charge in [0.15, 0.2) is 5.78 Å². The number of aliphatic imine (C=N–C) groups is 1. The van der Waals surface area contributed by atoms with E-state index in [1.165, 1.54) is 6.07 Å². The van der Waals surface area contributed by atoms with Gasteiger partial charge in [-0.3, -0.25) is 25.0 Å². The van der Waals surface area contributed by atoms with Gasteiger partial charge in [-0.1, -0.05) is 87.0 Å². The Morgan fingerprint density at radius 1 is 0.727 bits per heavy atom. The second-order valence-corrected chi connectivity index (χ2v) is 15.1. The maximum absolute atomic E-state index is 13.9. The SMILES string of the molecule is CCC(C)[C@H](NC(=O)c1cccc(N=C(NC(=O)OC(C)(C)C)NC(=O)OC(C)(C)C)c1)C(=O)N[C@@H](CCc1ccccc1)C(=O)COCc1ccccc1. The van der Waals surface area contributed by atoms with Gasteiger partial charge in [0, 0.05) is 5.56 Å². The molecule has 0 saturated heterocycles. The summed E-state index contributed by atoms with van der Waals surface area (Å²) in [6.07, 6.45) is -0.315. The van der Waals surface area contributed by atoms with Gasteiger partial charge in [0.2, 0.25) is 11.9 Å². The first-order chi connectivity index (χ1) is 25.9. The number of alkyl carbamates (subject to hydrolysis) is 2. The van der Waals surface area contributed by atoms with Gasteiger partial charge in [-0.05, 0) is 89.6 Å². The molecule has 4 N–H and O–H groups in total. The first-order valence-electron chi connectivity index (χ1n) is 18.4. The Morgan fingerprint density at radius 2 is 1.29 bits per heavy atom. The zero-order valence-corrected chi connectivity index (χ0v) is 33.1. The van der Waals surface area contributed by atoms with Gasteiger partial charge in [-0.15, -0.1) is 0 Å². The summed E-state index contributed by atoms with van der Waals surface area (Å²) in [5, 5.41) is 10.6. The van der Waals surface area contributed by atoms with Gasteiger partial charge in [-0.25, -0.2) is 14.6 Å². The van der Waals surface area contributed by atoms with Gasteiger partial charge in [0.05, 0.1) is 18.3 Å². The minimum absolute atomic E-state index is 0.155. The summed E-state index contributed by atoms with van der Waals surface area (Å²) in [5.74, 6) is -1.95. The third-order valence-corrected chi connectivity index (χ3v) is 8.00. The molecule has 0 aromatic heterocycles. The largest absolute Gasteiger partial charge is 0.444 e. The molecule has 3 rings (SSSR count). The van der Waals surface area contributed by atoms with Crippen molar-refractivity contribution in [2.24, 2.45) is 10.9 Å². The topological polar surface area (TPSA) is 174 Å². The molecule has 3 aromatic rings. The van der Waals surface area contributed by atoms with Crippen molar-refractivity contribution in [3.05, 3.63) is 102 Å². The second-order valence-electron chi connectivity index (χ2n) is 15.1. The van der Waals surface area contributed by atoms with Crippen molar-refractivity contribution >= 4 is 41.4 Å². The van der Waals surface area contributed by atoms with E-state index in [2.05, 4.69) is 26.3 Å². The highest BCUT2D eigenvalue weighted by Crippen LogP contribution is 2.17. The van der Waals surface area contributed by atoms with Crippen molar-refractivity contribution in [2.45, 2.75) is 105 Å². The number of carbonyl (C=O) groups excluding carboxylic acids is 5. The van der Waals surface area contributed by atoms with Crippen molar-refractivity contribution in [3.8, 4) is 0 Å². The highest BCUT2D eigenvalue weighted by molar-refractivity contribution is 6.03. The van der Waals surface area contributed by atoms with Gasteiger partial charge in [-0.2, -0.15) is 0 Å². The molecule has 13 nitrogen and oxygen atoms in total. The summed E-state index contributed by atoms with van der Waals surface area (Å²) in [4.78, 5) is 70.6. The van der Waals surface area contributed by atoms with Crippen molar-refractivity contribution < 1.29 is 38.2 Å². The number of aryl methyl sites for hydroxylation is 1. The average molecular weight is 758 g/mol. The molecule has 0 aliphatic carbocycles. The predicted octanol–water partition coefficient (Wildman–Crippen LogP) is 6.77. The van der Waals surface area contributed by atoms with Crippen LogP contribution in [0.25, 0.3) is 0 Å². The molecular formula is C42H55N5O8. The summed E-state index contributed by atoms with van der Waals surface area (Å²) in [6, 6.07) is 23.4. The first kappa shape index (κ1) is 43.8. The van der Waals surface area contributed by atoms with Crippen LogP contribution in [0.1, 0.15) is 89.7 Å². The third kappa shape index (κ3) is 16.6. The minimum Gasteiger partial charge on any atom is -0.444 e. The van der Waals surface area contributed by atoms with E-state index in [-0.39, 0.29) is 42.1 Å². The Hall–Kier alpha value is -5.56. The normalized spacial score (nSPS) is 12.9. The van der Waals surface area contributed by atoms with Crippen LogP contribution in [-0.2, 0) is 36.8 Å². The lowest BCUT2D eigenvalue weighted by Gasteiger charge is -2.26. The highest BCUT2D eigenvalue weighted by Gasteiger charge is 2.30. The number of nitrogens with one attached hydrogen (secondary N) is 4. The maximum Gasteiger partial charge on any atom is 0.414 e. The average Bonchev–Trinajstić information content (AvgIpc) is 3.11. The van der Waals surface area contributed by atoms with E-state index in [1.54, 1.807) is 59.7 Å². The molecule has 0 spiro atoms. The molecule has 55 heavy (non-hydrogen) atoms. The van der Waals surface area contributed by atoms with Crippen LogP contribution in [0, 0.1) is 5.92 Å². The van der Waals surface area contributed by atoms with E-state index in [4.69, 9.17) is 14.2 Å². The Bertz CT molecular complexity index is 1740. The molecule has 3 aromatic carbocycles. The fourth-order valence-electron chi connectivity index (χ4n) is 5.14. The van der Waals surface area contributed by atoms with Crippen LogP contribution in [0.15, 0.2) is 89.9 Å². The number of ketones is 1. The summed E-state index contributed by atoms with van der Waals surface area (Å²) in [5.41, 5.74) is 0.624. The second kappa shape index (κ2) is 20.8. The van der Waals surface area contributed by atoms with E-state index in [9.17, 15) is 24.0 Å². The molecule has 0 aliphatic heterocycles. The van der Waals surface area contributed by atoms with Crippen LogP contribution < -0.4 is 21.3 Å². The fraction of sp³-hybridized carbons (Fsp3) is 0.429. The third-order valence-electron chi connectivity index (χ3n) is 8.00. The number of Topliss-reactive ketones (excluding diaryl/α,β-unsaturated/α-hetero) is 1. The minimum atomic E-state index is -0.986. The van der Waals surface area contributed by atoms with Crippen molar-refractivity contribution in [2.75, 3.05) is 6.61 Å². The predicted molar refractivity (Wildman–Crippen MR) is 211 cm³/mol. The smallest absolute Gasteiger partial charge is 0.414 e. The first-order valence-corrected chi connectivity index (χ1v) is 18.4. The van der Waals surface area contributed by atoms with E-state index in [0.29, 0.717) is 19.3 Å². The lowest BCUT2D eigenvalue weighted by molar-refractivity contribution is -0.132. The monoisotopic (exact) mass is 757 g/mol. The molecule has 3 atom stereocenters. The zero-order chi connectivity index (χ0) is 40.6. The summed E-state index contributed by atoms with van der Waals surface area (Å²) < 4.78 is 16.4. The van der Waals surface area contributed by atoms with Crippen molar-refractivity contribution in [3.63, 3.8) is 0 Å². The van der Waals surface area contributed by atoms with Gasteiger partial charge < -0.3 is 24.8 Å². The van der Waals surface area contributed by atoms with Crippen LogP contribution in [0.2, 0.25) is 0 Å². The number of hydrogen-bond donors (Lipinski definition) is 4. The quantitative estimate of drug-likeness (QED) is 0.0971. The van der Waals surface area contributed by atoms with Gasteiger partial charge >= 0.3 is 12.2 Å². The highest BCUT2D eigenvalue weighted by atomic mass is 16.6. The molecule has 0 fully saturated rings. The van der Waals surface area contributed by atoms with E-state index in [1.807, 2.05) is 74.5 Å². The fourth-order valence-corrected chi connectivity index (χ4v) is 5.14. The molecule has 13 heteroatoms. The van der Waals surface area contributed by atoms with Crippen LogP contribution in [0.3, 0.4) is 0 Å². The molecular weight excluding hydrogens is 702 g/mol. The lowest BCUT2D eigenvalue weighted by atomic mass is 9.96. The summed E-state index contributed by atoms with van der Waals surface area (Å²) in [7, 11) is 0. The van der Waals surface area contributed by atoms with E-state index < -0.39 is 47.3 Å². The van der Waals surface area contributed by atoms with Gasteiger partial charge in [0.1, 0.15) is 23.9 Å². The van der Waals surface area contributed by atoms with Crippen LogP contribution in [-0.4, -0.2) is 65.6 Å². The number of nitrogens with zero attached hydrogens (tertiary/aromatic N) is 1. The molecule has 0 radical (unpaired) electrons. The summed E-state index contributed by atoms with van der Waals surface area (Å²) >= 11 is 0. The Morgan fingerprint density at radius 3 is 1.84 bits per heavy atom. The van der Waals surface area contributed by atoms with Crippen LogP contribution in [0.5, 0.6) is 0 Å². The van der Waals surface area contributed by atoms with E-state index >= 15 is 0 Å². The summed E-state index contributed by atoms with van der Waals surface area (Å²) in [6.45, 7) is 13.9. The maximum atomic E-state index is 13.9. The van der Waals surface area contributed by atoms with Crippen molar-refractivity contribution in [1.82, 2.24) is 21.3 Å². The number of hydrogen-bond acceptors (Lipinski definition) is 9. The van der Waals surface area contributed by atoms with E-state index in [0.717, 1.165) is 11.1 Å². The van der Waals surface area contributed by atoms with Crippen LogP contribution in [0.4, 0.5) is 15.3 Å². The van der Waals surface area contributed by atoms with Gasteiger partial charge in [0.25, 0.3) is 5.91 Å². The van der Waals surface area contributed by atoms with Crippen molar-refractivity contribution in [1.29, 1.82) is 0 Å². The number of carbonyl (C=O) groups is 5. The number of amides is 4. The Kier molecular flexibility index (Phi) is 16.6. The lowest BCUT2D eigenvalue weighted by Crippen LogP contribution is -2.54. The molecule has 296 valence electrons. The zero-order valence-electron chi connectivity index (χ0n) is 33.1.